The van der Waals surface area contributed by atoms with Gasteiger partial charge in [-0.05, 0) is 51.4 Å². The molecule has 0 saturated carbocycles. The third-order valence-corrected chi connectivity index (χ3v) is 13.8. The molecule has 0 saturated heterocycles. The molecule has 2 atom stereocenters. The van der Waals surface area contributed by atoms with Crippen molar-refractivity contribution in [2.24, 2.45) is 0 Å². The highest BCUT2D eigenvalue weighted by atomic mass is 16.5. The molecule has 6 nitrogen and oxygen atoms in total. The molecular weight excluding hydrogens is 803 g/mol. The average molecular weight is 919 g/mol. The van der Waals surface area contributed by atoms with Crippen LogP contribution in [0.4, 0.5) is 0 Å². The number of carbonyl (C=O) groups excluding carboxylic acids is 2. The fourth-order valence-electron chi connectivity index (χ4n) is 9.28. The van der Waals surface area contributed by atoms with E-state index in [0.717, 1.165) is 44.9 Å². The van der Waals surface area contributed by atoms with Crippen LogP contribution in [0.1, 0.15) is 328 Å². The van der Waals surface area contributed by atoms with Crippen molar-refractivity contribution < 1.29 is 24.5 Å². The smallest absolute Gasteiger partial charge is 0.305 e. The molecule has 0 rings (SSSR count). The molecule has 0 spiro atoms. The van der Waals surface area contributed by atoms with Crippen molar-refractivity contribution in [1.82, 2.24) is 5.32 Å². The van der Waals surface area contributed by atoms with Gasteiger partial charge in [-0.25, -0.2) is 0 Å². The van der Waals surface area contributed by atoms with Crippen LogP contribution in [-0.4, -0.2) is 47.4 Å². The molecule has 0 aromatic rings. The first-order valence-corrected chi connectivity index (χ1v) is 29.4. The van der Waals surface area contributed by atoms with Gasteiger partial charge in [0.1, 0.15) is 0 Å². The van der Waals surface area contributed by atoms with Gasteiger partial charge in [0, 0.05) is 12.8 Å². The Hall–Kier alpha value is -1.40. The highest BCUT2D eigenvalue weighted by molar-refractivity contribution is 5.76. The minimum absolute atomic E-state index is 0.00810. The number of aliphatic hydroxyl groups excluding tert-OH is 2. The molecule has 0 aliphatic carbocycles. The van der Waals surface area contributed by atoms with Crippen molar-refractivity contribution >= 4 is 11.9 Å². The SMILES string of the molecule is CCCCC/C=C\CCCCCCCC(=O)OCCCCCCCCCCCCCCCCCCCCCCCCCCCCCC(=O)NC(CO)C(O)CCCCCCCCCCC. The van der Waals surface area contributed by atoms with Crippen LogP contribution in [0, 0.1) is 0 Å². The molecule has 6 heteroatoms. The molecule has 0 aromatic carbocycles. The Labute approximate surface area is 406 Å². The topological polar surface area (TPSA) is 95.9 Å². The van der Waals surface area contributed by atoms with Crippen molar-refractivity contribution in [3.8, 4) is 0 Å². The van der Waals surface area contributed by atoms with E-state index in [9.17, 15) is 19.8 Å². The van der Waals surface area contributed by atoms with Gasteiger partial charge in [0.15, 0.2) is 0 Å². The van der Waals surface area contributed by atoms with Gasteiger partial charge in [0.05, 0.1) is 25.4 Å². The zero-order valence-electron chi connectivity index (χ0n) is 44.0. The number of ether oxygens (including phenoxy) is 1. The second-order valence-corrected chi connectivity index (χ2v) is 20.3. The predicted molar refractivity (Wildman–Crippen MR) is 283 cm³/mol. The summed E-state index contributed by atoms with van der Waals surface area (Å²) in [5, 5.41) is 23.1. The molecule has 0 aliphatic rings. The Morgan fingerprint density at radius 2 is 0.723 bits per heavy atom. The van der Waals surface area contributed by atoms with Crippen LogP contribution in [0.2, 0.25) is 0 Å². The summed E-state index contributed by atoms with van der Waals surface area (Å²) < 4.78 is 5.47. The van der Waals surface area contributed by atoms with E-state index >= 15 is 0 Å². The van der Waals surface area contributed by atoms with Crippen molar-refractivity contribution in [3.63, 3.8) is 0 Å². The minimum atomic E-state index is -0.659. The Kier molecular flexibility index (Phi) is 54.0. The first-order valence-electron chi connectivity index (χ1n) is 29.4. The van der Waals surface area contributed by atoms with Crippen LogP contribution in [0.25, 0.3) is 0 Å². The van der Waals surface area contributed by atoms with Crippen molar-refractivity contribution in [2.75, 3.05) is 13.2 Å². The number of amides is 1. The number of hydrogen-bond donors (Lipinski definition) is 3. The molecule has 0 aromatic heterocycles. The molecule has 0 bridgehead atoms. The van der Waals surface area contributed by atoms with Gasteiger partial charge in [-0.1, -0.05) is 276 Å². The number of esters is 1. The van der Waals surface area contributed by atoms with E-state index in [2.05, 4.69) is 31.3 Å². The molecule has 3 N–H and O–H groups in total. The second-order valence-electron chi connectivity index (χ2n) is 20.3. The zero-order valence-corrected chi connectivity index (χ0v) is 44.0. The summed E-state index contributed by atoms with van der Waals surface area (Å²) in [5.41, 5.74) is 0. The number of hydrogen-bond acceptors (Lipinski definition) is 5. The summed E-state index contributed by atoms with van der Waals surface area (Å²) in [6.07, 6.45) is 65.2. The van der Waals surface area contributed by atoms with E-state index in [1.165, 1.54) is 250 Å². The number of allylic oxidation sites excluding steroid dienone is 2. The molecule has 0 fully saturated rings. The molecule has 2 unspecified atom stereocenters. The highest BCUT2D eigenvalue weighted by Crippen LogP contribution is 2.18. The van der Waals surface area contributed by atoms with Gasteiger partial charge in [-0.15, -0.1) is 0 Å². The third-order valence-electron chi connectivity index (χ3n) is 13.8. The Bertz CT molecular complexity index is 970. The summed E-state index contributed by atoms with van der Waals surface area (Å²) >= 11 is 0. The molecule has 0 radical (unpaired) electrons. The van der Waals surface area contributed by atoms with Crippen LogP contribution in [0.3, 0.4) is 0 Å². The number of unbranched alkanes of at least 4 members (excludes halogenated alkanes) is 42. The first-order chi connectivity index (χ1) is 32.0. The Balaban J connectivity index is 3.31. The maximum atomic E-state index is 12.4. The fraction of sp³-hybridized carbons (Fsp3) is 0.932. The van der Waals surface area contributed by atoms with Gasteiger partial charge in [-0.3, -0.25) is 9.59 Å². The van der Waals surface area contributed by atoms with Crippen LogP contribution >= 0.6 is 0 Å². The van der Waals surface area contributed by atoms with E-state index in [1.807, 2.05) is 0 Å². The number of rotatable bonds is 55. The maximum absolute atomic E-state index is 12.4. The Morgan fingerprint density at radius 1 is 0.415 bits per heavy atom. The van der Waals surface area contributed by atoms with Crippen LogP contribution in [0.15, 0.2) is 12.2 Å². The summed E-state index contributed by atoms with van der Waals surface area (Å²) in [6.45, 7) is 4.92. The zero-order chi connectivity index (χ0) is 47.2. The lowest BCUT2D eigenvalue weighted by Crippen LogP contribution is -2.45. The highest BCUT2D eigenvalue weighted by Gasteiger charge is 2.20. The van der Waals surface area contributed by atoms with Gasteiger partial charge in [0.2, 0.25) is 5.91 Å². The fourth-order valence-corrected chi connectivity index (χ4v) is 9.28. The van der Waals surface area contributed by atoms with E-state index in [1.54, 1.807) is 0 Å². The summed E-state index contributed by atoms with van der Waals surface area (Å²) in [7, 11) is 0. The monoisotopic (exact) mass is 918 g/mol. The Morgan fingerprint density at radius 3 is 1.12 bits per heavy atom. The van der Waals surface area contributed by atoms with Gasteiger partial charge < -0.3 is 20.3 Å². The van der Waals surface area contributed by atoms with Crippen LogP contribution in [-0.2, 0) is 14.3 Å². The lowest BCUT2D eigenvalue weighted by Gasteiger charge is -2.22. The molecular formula is C59H115NO5. The molecule has 1 amide bonds. The van der Waals surface area contributed by atoms with Crippen molar-refractivity contribution in [2.45, 2.75) is 341 Å². The van der Waals surface area contributed by atoms with E-state index in [-0.39, 0.29) is 18.5 Å². The second kappa shape index (κ2) is 55.2. The van der Waals surface area contributed by atoms with Crippen LogP contribution < -0.4 is 5.32 Å². The average Bonchev–Trinajstić information content (AvgIpc) is 3.31. The van der Waals surface area contributed by atoms with Gasteiger partial charge >= 0.3 is 5.97 Å². The lowest BCUT2D eigenvalue weighted by molar-refractivity contribution is -0.143. The lowest BCUT2D eigenvalue weighted by atomic mass is 10.0. The number of aliphatic hydroxyl groups is 2. The van der Waals surface area contributed by atoms with Gasteiger partial charge in [0.25, 0.3) is 0 Å². The molecule has 65 heavy (non-hydrogen) atoms. The third kappa shape index (κ3) is 51.8. The van der Waals surface area contributed by atoms with E-state index < -0.39 is 12.1 Å². The summed E-state index contributed by atoms with van der Waals surface area (Å²) in [4.78, 5) is 24.4. The largest absolute Gasteiger partial charge is 0.466 e. The van der Waals surface area contributed by atoms with Crippen molar-refractivity contribution in [1.29, 1.82) is 0 Å². The van der Waals surface area contributed by atoms with Crippen molar-refractivity contribution in [3.05, 3.63) is 12.2 Å². The first kappa shape index (κ1) is 63.6. The molecule has 0 aliphatic heterocycles. The maximum Gasteiger partial charge on any atom is 0.305 e. The summed E-state index contributed by atoms with van der Waals surface area (Å²) in [5.74, 6) is -0.0254. The van der Waals surface area contributed by atoms with Gasteiger partial charge in [-0.2, -0.15) is 0 Å². The number of carbonyl (C=O) groups is 2. The summed E-state index contributed by atoms with van der Waals surface area (Å²) in [6, 6.07) is -0.536. The quantitative estimate of drug-likeness (QED) is 0.0321. The van der Waals surface area contributed by atoms with E-state index in [0.29, 0.717) is 25.9 Å². The minimum Gasteiger partial charge on any atom is -0.466 e. The predicted octanol–water partition coefficient (Wildman–Crippen LogP) is 18.1. The number of nitrogens with one attached hydrogen (secondary N) is 1. The standard InChI is InChI=1S/C59H115NO5/c1-3-5-7-9-11-13-14-33-37-41-45-49-53-59(64)65-54-50-46-42-38-34-31-29-27-25-23-21-19-17-15-16-18-20-22-24-26-28-30-32-36-40-44-48-52-58(63)60-56(55-61)57(62)51-47-43-39-35-12-10-8-6-4-2/h11,13,56-57,61-62H,3-10,12,14-55H2,1-2H3,(H,60,63)/b13-11-. The van der Waals surface area contributed by atoms with E-state index in [4.69, 9.17) is 4.74 Å². The molecule has 386 valence electrons. The normalized spacial score (nSPS) is 12.6. The molecule has 0 heterocycles. The van der Waals surface area contributed by atoms with Crippen LogP contribution in [0.5, 0.6) is 0 Å².